The van der Waals surface area contributed by atoms with E-state index < -0.39 is 72.3 Å². The number of morpholine rings is 1. The Hall–Kier alpha value is -6.40. The SMILES string of the molecule is Cn1c(=O)n(C2CCC(=O)NC2=O)c2ccc(N3CCN(C4CCN(C(=O)CO[C@@H]5CCN(C(=O)[C@@H](NC(=O)c6cc7cc(C(F)(F)P(=O)(O)O)ccc7s6)C(C)(C)C)[C@@H]5C(=O)N5CCO[C@H](c6ccccc6)C5)CC4)CC3)cc21. The van der Waals surface area contributed by atoms with Crippen molar-refractivity contribution in [2.45, 2.75) is 94.9 Å². The van der Waals surface area contributed by atoms with Crippen molar-refractivity contribution in [2.75, 3.05) is 77.0 Å². The van der Waals surface area contributed by atoms with E-state index in [1.165, 1.54) is 26.2 Å². The highest BCUT2D eigenvalue weighted by atomic mass is 32.1. The molecule has 0 spiro atoms. The van der Waals surface area contributed by atoms with Gasteiger partial charge in [-0.05, 0) is 78.4 Å². The zero-order chi connectivity index (χ0) is 57.0. The van der Waals surface area contributed by atoms with Crippen molar-refractivity contribution in [2.24, 2.45) is 12.5 Å². The number of piperazine rings is 1. The molecule has 3 aromatic carbocycles. The molecule has 4 N–H and O–H groups in total. The first-order valence-corrected chi connectivity index (χ1v) is 29.4. The molecule has 5 saturated heterocycles. The van der Waals surface area contributed by atoms with Gasteiger partial charge in [0.15, 0.2) is 0 Å². The van der Waals surface area contributed by atoms with E-state index in [9.17, 15) is 56.7 Å². The number of benzene rings is 3. The van der Waals surface area contributed by atoms with Crippen molar-refractivity contribution in [1.29, 1.82) is 0 Å². The lowest BCUT2D eigenvalue weighted by Crippen LogP contribution is -2.60. The Kier molecular flexibility index (Phi) is 16.0. The van der Waals surface area contributed by atoms with Gasteiger partial charge in [-0.1, -0.05) is 57.2 Å². The smallest absolute Gasteiger partial charge is 0.370 e. The minimum absolute atomic E-state index is 0.0581. The second kappa shape index (κ2) is 22.5. The third-order valence-electron chi connectivity index (χ3n) is 16.3. The van der Waals surface area contributed by atoms with Crippen LogP contribution in [0.2, 0.25) is 0 Å². The van der Waals surface area contributed by atoms with Crippen LogP contribution in [0.5, 0.6) is 0 Å². The number of aromatic nitrogens is 2. The number of nitrogens with zero attached hydrogens (tertiary/aromatic N) is 7. The monoisotopic (exact) mass is 1150 g/mol. The third-order valence-corrected chi connectivity index (χ3v) is 18.4. The minimum atomic E-state index is -5.86. The highest BCUT2D eigenvalue weighted by Crippen LogP contribution is 2.59. The highest BCUT2D eigenvalue weighted by Gasteiger charge is 2.51. The molecule has 0 saturated carbocycles. The van der Waals surface area contributed by atoms with E-state index in [1.54, 1.807) is 37.6 Å². The lowest BCUT2D eigenvalue weighted by molar-refractivity contribution is -0.156. The minimum Gasteiger partial charge on any atom is -0.370 e. The van der Waals surface area contributed by atoms with Crippen LogP contribution in [0.15, 0.2) is 77.6 Å². The van der Waals surface area contributed by atoms with Crippen LogP contribution >= 0.6 is 18.9 Å². The molecule has 5 aromatic rings. The molecule has 10 rings (SSSR count). The fourth-order valence-corrected chi connectivity index (χ4v) is 13.2. The molecule has 0 bridgehead atoms. The number of piperidine rings is 2. The van der Waals surface area contributed by atoms with Crippen LogP contribution in [-0.2, 0) is 50.7 Å². The van der Waals surface area contributed by atoms with Crippen molar-refractivity contribution in [1.82, 2.24) is 39.4 Å². The highest BCUT2D eigenvalue weighted by molar-refractivity contribution is 7.52. The summed E-state index contributed by atoms with van der Waals surface area (Å²) in [6, 6.07) is 16.8. The molecule has 5 atom stereocenters. The molecule has 5 aliphatic rings. The molecule has 1 unspecified atom stereocenters. The summed E-state index contributed by atoms with van der Waals surface area (Å²) in [6.45, 7) is 9.77. The summed E-state index contributed by atoms with van der Waals surface area (Å²) >= 11 is 0.952. The Labute approximate surface area is 463 Å². The van der Waals surface area contributed by atoms with Crippen molar-refractivity contribution < 1.29 is 61.4 Å². The first-order chi connectivity index (χ1) is 38.0. The van der Waals surface area contributed by atoms with Gasteiger partial charge in [0.1, 0.15) is 30.8 Å². The summed E-state index contributed by atoms with van der Waals surface area (Å²) in [5.41, 5.74) is -3.45. The van der Waals surface area contributed by atoms with Crippen LogP contribution in [0, 0.1) is 5.41 Å². The number of carbonyl (C=O) groups excluding carboxylic acids is 6. The third kappa shape index (κ3) is 11.3. The first-order valence-electron chi connectivity index (χ1n) is 27.0. The number of ether oxygens (including phenoxy) is 2. The lowest BCUT2D eigenvalue weighted by atomic mass is 9.85. The topological polar surface area (TPSA) is 246 Å². The Balaban J connectivity index is 0.783. The van der Waals surface area contributed by atoms with E-state index in [0.717, 1.165) is 73.7 Å². The number of anilines is 1. The van der Waals surface area contributed by atoms with E-state index in [1.807, 2.05) is 48.5 Å². The Bertz CT molecular complexity index is 3330. The number of likely N-dealkylation sites (tertiary alicyclic amines) is 2. The number of hydrogen-bond donors (Lipinski definition) is 4. The lowest BCUT2D eigenvalue weighted by Gasteiger charge is -2.43. The normalized spacial score (nSPS) is 22.5. The quantitative estimate of drug-likeness (QED) is 0.0949. The van der Waals surface area contributed by atoms with Crippen molar-refractivity contribution in [3.63, 3.8) is 0 Å². The number of halogens is 2. The van der Waals surface area contributed by atoms with Crippen LogP contribution in [0.4, 0.5) is 14.5 Å². The van der Waals surface area contributed by atoms with Gasteiger partial charge in [-0.2, -0.15) is 8.78 Å². The molecule has 25 heteroatoms. The van der Waals surface area contributed by atoms with Gasteiger partial charge in [0.05, 0.1) is 35.2 Å². The maximum atomic E-state index is 15.0. The number of imidazole rings is 1. The van der Waals surface area contributed by atoms with Crippen LogP contribution in [0.1, 0.15) is 85.8 Å². The number of hydrogen-bond acceptors (Lipinski definition) is 13. The van der Waals surface area contributed by atoms with Crippen molar-refractivity contribution >= 4 is 81.2 Å². The van der Waals surface area contributed by atoms with Gasteiger partial charge in [-0.3, -0.25) is 52.7 Å². The number of aryl methyl sites for hydroxylation is 1. The molecule has 21 nitrogen and oxygen atoms in total. The Morgan fingerprint density at radius 2 is 1.59 bits per heavy atom. The Morgan fingerprint density at radius 3 is 2.27 bits per heavy atom. The summed E-state index contributed by atoms with van der Waals surface area (Å²) < 4.78 is 56.8. The van der Waals surface area contributed by atoms with E-state index in [0.29, 0.717) is 28.8 Å². The van der Waals surface area contributed by atoms with Gasteiger partial charge < -0.3 is 44.2 Å². The van der Waals surface area contributed by atoms with Gasteiger partial charge >= 0.3 is 18.9 Å². The second-order valence-electron chi connectivity index (χ2n) is 22.4. The number of amides is 6. The number of alkyl halides is 2. The van der Waals surface area contributed by atoms with E-state index in [2.05, 4.69) is 20.4 Å². The van der Waals surface area contributed by atoms with E-state index in [-0.39, 0.29) is 91.8 Å². The predicted octanol–water partition coefficient (Wildman–Crippen LogP) is 4.30. The average Bonchev–Trinajstić information content (AvgIpc) is 4.14. The molecule has 428 valence electrons. The van der Waals surface area contributed by atoms with Crippen molar-refractivity contribution in [3.05, 3.63) is 99.3 Å². The standard InChI is InChI=1S/C55H66F2N9O12PS/c1-54(2,3)48(59-50(70)44-29-34-28-35(10-14-43(34)80-44)55(56,57)79(74,75)76)52(72)65-21-18-41(47(65)51(71)64-26-27-77-42(31-64)33-8-6-5-7-9-33)78-32-46(68)63-19-16-36(17-20-63)61-22-24-62(25-23-61)37-11-12-38-40(30-37)60(4)53(73)66(38)39-13-15-45(67)58-49(39)69/h5-12,14,28-30,36,39,41-42,47-48H,13,15-27,31-32H2,1-4H3,(H,59,70)(H,58,67,69)(H2,74,75,76)/t39?,41-,42+,47+,48-/m1/s1. The van der Waals surface area contributed by atoms with Crippen LogP contribution in [-0.4, -0.2) is 170 Å². The summed E-state index contributed by atoms with van der Waals surface area (Å²) in [7, 11) is -4.18. The van der Waals surface area contributed by atoms with Crippen molar-refractivity contribution in [3.8, 4) is 0 Å². The number of carbonyl (C=O) groups is 6. The fourth-order valence-electron chi connectivity index (χ4n) is 11.8. The number of nitrogens with one attached hydrogen (secondary N) is 2. The number of rotatable bonds is 13. The summed E-state index contributed by atoms with van der Waals surface area (Å²) in [5.74, 6) is -2.71. The van der Waals surface area contributed by atoms with Gasteiger partial charge in [0.2, 0.25) is 29.5 Å². The maximum Gasteiger partial charge on any atom is 0.399 e. The van der Waals surface area contributed by atoms with Gasteiger partial charge in [0, 0.05) is 87.8 Å². The van der Waals surface area contributed by atoms with Crippen LogP contribution in [0.3, 0.4) is 0 Å². The van der Waals surface area contributed by atoms with E-state index >= 15 is 0 Å². The maximum absolute atomic E-state index is 15.0. The average molecular weight is 1150 g/mol. The molecule has 5 fully saturated rings. The zero-order valence-electron chi connectivity index (χ0n) is 44.9. The molecular formula is C55H66F2N9O12PS. The summed E-state index contributed by atoms with van der Waals surface area (Å²) in [6.07, 6.45) is 0.819. The van der Waals surface area contributed by atoms with Crippen LogP contribution < -0.4 is 21.2 Å². The second-order valence-corrected chi connectivity index (χ2v) is 25.1. The Morgan fingerprint density at radius 1 is 0.863 bits per heavy atom. The number of thiophene rings is 1. The first kappa shape index (κ1) is 56.9. The van der Waals surface area contributed by atoms with Crippen LogP contribution in [0.25, 0.3) is 21.1 Å². The molecular weight excluding hydrogens is 1080 g/mol. The largest absolute Gasteiger partial charge is 0.399 e. The predicted molar refractivity (Wildman–Crippen MR) is 292 cm³/mol. The molecule has 2 aromatic heterocycles. The zero-order valence-corrected chi connectivity index (χ0v) is 46.6. The van der Waals surface area contributed by atoms with Gasteiger partial charge in [0.25, 0.3) is 5.91 Å². The van der Waals surface area contributed by atoms with Gasteiger partial charge in [-0.15, -0.1) is 11.3 Å². The molecule has 0 radical (unpaired) electrons. The molecule has 80 heavy (non-hydrogen) atoms. The summed E-state index contributed by atoms with van der Waals surface area (Å²) in [5, 5.41) is 5.34. The van der Waals surface area contributed by atoms with E-state index in [4.69, 9.17) is 9.47 Å². The summed E-state index contributed by atoms with van der Waals surface area (Å²) in [4.78, 5) is 124. The number of imide groups is 1. The molecule has 6 amide bonds. The number of fused-ring (bicyclic) bond motifs is 2. The molecule has 7 heterocycles. The van der Waals surface area contributed by atoms with Gasteiger partial charge in [-0.25, -0.2) is 4.79 Å². The molecule has 0 aliphatic carbocycles. The fraction of sp³-hybridized carbons (Fsp3) is 0.509. The molecule has 5 aliphatic heterocycles.